The van der Waals surface area contributed by atoms with Crippen molar-refractivity contribution in [1.29, 1.82) is 0 Å². The largest absolute Gasteiger partial charge is 0.314 e. The van der Waals surface area contributed by atoms with Crippen molar-refractivity contribution in [3.63, 3.8) is 0 Å². The molecule has 1 aliphatic heterocycles. The third-order valence-corrected chi connectivity index (χ3v) is 3.30. The normalized spacial score (nSPS) is 24.2. The minimum atomic E-state index is -0.145. The Labute approximate surface area is 107 Å². The van der Waals surface area contributed by atoms with E-state index in [1.165, 1.54) is 17.2 Å². The summed E-state index contributed by atoms with van der Waals surface area (Å²) in [4.78, 5) is 4.48. The third-order valence-electron chi connectivity index (χ3n) is 3.30. The first-order chi connectivity index (χ1) is 10.0. The lowest BCUT2D eigenvalue weighted by Crippen LogP contribution is -2.35. The van der Waals surface area contributed by atoms with Gasteiger partial charge in [-0.25, -0.2) is 4.98 Å². The minimum absolute atomic E-state index is 0.0276. The van der Waals surface area contributed by atoms with Crippen LogP contribution in [-0.4, -0.2) is 22.0 Å². The first-order valence-corrected chi connectivity index (χ1v) is 6.18. The highest BCUT2D eigenvalue weighted by atomic mass is 15.0. The summed E-state index contributed by atoms with van der Waals surface area (Å²) >= 11 is 0. The molecule has 1 aliphatic rings. The van der Waals surface area contributed by atoms with Crippen molar-refractivity contribution in [3.8, 4) is 0 Å². The number of nitrogens with zero attached hydrogens (tertiary/aromatic N) is 2. The second kappa shape index (κ2) is 4.49. The molecule has 0 unspecified atom stereocenters. The average molecular weight is 233 g/mol. The number of fused-ring (bicyclic) bond motifs is 1. The molecule has 3 rings (SSSR count). The summed E-state index contributed by atoms with van der Waals surface area (Å²) < 4.78 is 33.3. The molecular weight excluding hydrogens is 210 g/mol. The Balaban J connectivity index is 2.07. The molecule has 90 valence electrons. The maximum absolute atomic E-state index is 8.25. The number of imidazole rings is 1. The number of nitrogens with one attached hydrogen (secondary N) is 1. The van der Waals surface area contributed by atoms with E-state index in [0.29, 0.717) is 29.4 Å². The maximum atomic E-state index is 8.25. The predicted octanol–water partition coefficient (Wildman–Crippen LogP) is 2.33. The van der Waals surface area contributed by atoms with Gasteiger partial charge in [-0.2, -0.15) is 0 Å². The Morgan fingerprint density at radius 1 is 1.59 bits per heavy atom. The van der Waals surface area contributed by atoms with Crippen LogP contribution >= 0.6 is 0 Å². The summed E-state index contributed by atoms with van der Waals surface area (Å²) in [5.41, 5.74) is 1.68. The van der Waals surface area contributed by atoms with Crippen LogP contribution in [0.25, 0.3) is 5.65 Å². The van der Waals surface area contributed by atoms with Gasteiger partial charge >= 0.3 is 0 Å². The molecule has 1 fully saturated rings. The Kier molecular flexibility index (Phi) is 1.89. The van der Waals surface area contributed by atoms with E-state index in [1.807, 2.05) is 0 Å². The molecule has 0 bridgehead atoms. The number of pyridine rings is 1. The molecule has 2 aromatic rings. The SMILES string of the molecule is [2H]c1c([2H])c([2H])n2c([2H])c(C[C@@H]3CCCCN3)nc2c1C. The van der Waals surface area contributed by atoms with Crippen LogP contribution in [0.4, 0.5) is 0 Å². The zero-order chi connectivity index (χ0) is 15.1. The predicted molar refractivity (Wildman–Crippen MR) is 69.3 cm³/mol. The van der Waals surface area contributed by atoms with Gasteiger partial charge in [0.15, 0.2) is 0 Å². The Hall–Kier alpha value is -1.35. The molecule has 3 heteroatoms. The van der Waals surface area contributed by atoms with Gasteiger partial charge in [0.05, 0.1) is 11.2 Å². The van der Waals surface area contributed by atoms with E-state index in [2.05, 4.69) is 10.3 Å². The summed E-state index contributed by atoms with van der Waals surface area (Å²) in [5.74, 6) is 0. The van der Waals surface area contributed by atoms with Crippen LogP contribution in [0.5, 0.6) is 0 Å². The maximum Gasteiger partial charge on any atom is 0.139 e. The van der Waals surface area contributed by atoms with E-state index in [1.54, 1.807) is 6.92 Å². The van der Waals surface area contributed by atoms with Gasteiger partial charge < -0.3 is 9.72 Å². The summed E-state index contributed by atoms with van der Waals surface area (Å²) in [6, 6.07) is 0.210. The molecule has 0 radical (unpaired) electrons. The van der Waals surface area contributed by atoms with E-state index < -0.39 is 0 Å². The lowest BCUT2D eigenvalue weighted by Gasteiger charge is -2.22. The fourth-order valence-electron chi connectivity index (χ4n) is 2.37. The highest BCUT2D eigenvalue weighted by Gasteiger charge is 2.14. The summed E-state index contributed by atoms with van der Waals surface area (Å²) in [5, 5.41) is 3.44. The summed E-state index contributed by atoms with van der Waals surface area (Å²) in [6.45, 7) is 2.73. The standard InChI is InChI=1S/C14H19N3/c1-11-5-4-8-17-10-13(16-14(11)17)9-12-6-2-3-7-15-12/h4-5,8,10,12,15H,2-3,6-7,9H2,1H3/t12-/m0/s1/i4D,5D,8D,10D. The van der Waals surface area contributed by atoms with Gasteiger partial charge in [-0.15, -0.1) is 0 Å². The Morgan fingerprint density at radius 2 is 2.53 bits per heavy atom. The third kappa shape index (κ3) is 2.20. The van der Waals surface area contributed by atoms with Gasteiger partial charge in [0.2, 0.25) is 0 Å². The van der Waals surface area contributed by atoms with Crippen LogP contribution in [0.1, 0.15) is 36.0 Å². The van der Waals surface area contributed by atoms with Gasteiger partial charge in [-0.3, -0.25) is 0 Å². The lowest BCUT2D eigenvalue weighted by atomic mass is 10.0. The molecule has 3 nitrogen and oxygen atoms in total. The number of piperidine rings is 1. The zero-order valence-corrected chi connectivity index (χ0v) is 10.0. The number of hydrogen-bond donors (Lipinski definition) is 1. The lowest BCUT2D eigenvalue weighted by molar-refractivity contribution is 0.397. The number of aryl methyl sites for hydroxylation is 1. The molecule has 1 N–H and O–H groups in total. The van der Waals surface area contributed by atoms with Crippen molar-refractivity contribution < 1.29 is 5.48 Å². The quantitative estimate of drug-likeness (QED) is 0.862. The second-order valence-corrected chi connectivity index (χ2v) is 4.67. The van der Waals surface area contributed by atoms with E-state index in [4.69, 9.17) is 5.48 Å². The van der Waals surface area contributed by atoms with Crippen LogP contribution in [0.15, 0.2) is 24.4 Å². The van der Waals surface area contributed by atoms with Crippen LogP contribution in [-0.2, 0) is 6.42 Å². The molecule has 0 aromatic carbocycles. The summed E-state index contributed by atoms with van der Waals surface area (Å²) in [6.07, 6.45) is 4.18. The van der Waals surface area contributed by atoms with Crippen molar-refractivity contribution in [2.45, 2.75) is 38.6 Å². The average Bonchev–Trinajstić information content (AvgIpc) is 2.81. The molecule has 0 amide bonds. The molecule has 1 saturated heterocycles. The Bertz CT molecular complexity index is 690. The zero-order valence-electron chi connectivity index (χ0n) is 14.0. The first-order valence-electron chi connectivity index (χ1n) is 8.18. The van der Waals surface area contributed by atoms with Crippen LogP contribution in [0, 0.1) is 6.92 Å². The van der Waals surface area contributed by atoms with Gasteiger partial charge in [0, 0.05) is 24.8 Å². The van der Waals surface area contributed by atoms with E-state index in [9.17, 15) is 0 Å². The van der Waals surface area contributed by atoms with Crippen molar-refractivity contribution in [2.75, 3.05) is 6.54 Å². The molecular formula is C14H19N3. The van der Waals surface area contributed by atoms with Crippen molar-refractivity contribution >= 4 is 5.65 Å². The minimum Gasteiger partial charge on any atom is -0.314 e. The highest BCUT2D eigenvalue weighted by molar-refractivity contribution is 5.47. The fraction of sp³-hybridized carbons (Fsp3) is 0.500. The van der Waals surface area contributed by atoms with E-state index in [0.717, 1.165) is 13.0 Å². The molecule has 0 saturated carbocycles. The topological polar surface area (TPSA) is 29.3 Å². The second-order valence-electron chi connectivity index (χ2n) is 4.67. The molecule has 0 aliphatic carbocycles. The van der Waals surface area contributed by atoms with Crippen LogP contribution in [0.3, 0.4) is 0 Å². The number of aromatic nitrogens is 2. The number of rotatable bonds is 2. The van der Waals surface area contributed by atoms with E-state index >= 15 is 0 Å². The smallest absolute Gasteiger partial charge is 0.139 e. The molecule has 0 spiro atoms. The number of hydrogen-bond acceptors (Lipinski definition) is 2. The fourth-order valence-corrected chi connectivity index (χ4v) is 2.37. The Morgan fingerprint density at radius 3 is 3.35 bits per heavy atom. The van der Waals surface area contributed by atoms with Crippen LogP contribution in [0.2, 0.25) is 0 Å². The van der Waals surface area contributed by atoms with Crippen molar-refractivity contribution in [1.82, 2.24) is 14.7 Å². The van der Waals surface area contributed by atoms with Crippen molar-refractivity contribution in [2.24, 2.45) is 0 Å². The monoisotopic (exact) mass is 233 g/mol. The highest BCUT2D eigenvalue weighted by Crippen LogP contribution is 2.14. The van der Waals surface area contributed by atoms with Crippen molar-refractivity contribution in [3.05, 3.63) is 35.7 Å². The van der Waals surface area contributed by atoms with Gasteiger partial charge in [-0.1, -0.05) is 12.5 Å². The van der Waals surface area contributed by atoms with Gasteiger partial charge in [0.1, 0.15) is 5.65 Å². The molecule has 2 aromatic heterocycles. The van der Waals surface area contributed by atoms with E-state index in [-0.39, 0.29) is 24.4 Å². The molecule has 3 heterocycles. The summed E-state index contributed by atoms with van der Waals surface area (Å²) in [7, 11) is 0. The molecule has 1 atom stereocenters. The van der Waals surface area contributed by atoms with Crippen LogP contribution < -0.4 is 5.32 Å². The molecule has 17 heavy (non-hydrogen) atoms. The van der Waals surface area contributed by atoms with Gasteiger partial charge in [-0.05, 0) is 37.9 Å². The first kappa shape index (κ1) is 7.17. The van der Waals surface area contributed by atoms with Gasteiger partial charge in [0.25, 0.3) is 0 Å².